The van der Waals surface area contributed by atoms with Crippen molar-refractivity contribution in [3.8, 4) is 17.2 Å². The van der Waals surface area contributed by atoms with Crippen molar-refractivity contribution in [1.82, 2.24) is 14.4 Å². The first-order valence-corrected chi connectivity index (χ1v) is 13.6. The minimum absolute atomic E-state index is 0.00548. The molecule has 2 saturated heterocycles. The normalized spacial score (nSPS) is 21.5. The lowest BCUT2D eigenvalue weighted by molar-refractivity contribution is -0.134. The number of fused-ring (bicyclic) bond motifs is 4. The summed E-state index contributed by atoms with van der Waals surface area (Å²) in [6.07, 6.45) is 2.90. The summed E-state index contributed by atoms with van der Waals surface area (Å²) >= 11 is 6.68. The number of rotatable bonds is 7. The van der Waals surface area contributed by atoms with E-state index in [1.165, 1.54) is 38.0 Å². The molecule has 0 unspecified atom stereocenters. The second kappa shape index (κ2) is 10.8. The molecule has 2 bridgehead atoms. The van der Waals surface area contributed by atoms with Gasteiger partial charge >= 0.3 is 0 Å². The number of thiocarbonyl (C=S) groups is 1. The van der Waals surface area contributed by atoms with Crippen molar-refractivity contribution >= 4 is 46.2 Å². The molecule has 1 aromatic heterocycles. The first kappa shape index (κ1) is 26.3. The van der Waals surface area contributed by atoms with Gasteiger partial charge in [-0.2, -0.15) is 0 Å². The Morgan fingerprint density at radius 3 is 2.50 bits per heavy atom. The standard InChI is InChI=1S/C27H29N3O6S2/c1-34-20-10-16(11-21(35-2)25(20)36-3)12-22-26(33)29(27(37)38-22)8-7-23(31)28-13-17-9-18(15-28)19-5-4-6-24(32)30(19)14-17/h4-6,10-12,17-18H,7-9,13-15H2,1-3H3/b22-12-/t17-,18-/m1/s1. The summed E-state index contributed by atoms with van der Waals surface area (Å²) < 4.78 is 18.5. The molecule has 5 rings (SSSR count). The Morgan fingerprint density at radius 1 is 1.08 bits per heavy atom. The maximum atomic E-state index is 13.2. The molecule has 200 valence electrons. The number of amides is 2. The summed E-state index contributed by atoms with van der Waals surface area (Å²) in [7, 11) is 4.60. The number of thioether (sulfide) groups is 1. The summed E-state index contributed by atoms with van der Waals surface area (Å²) in [5, 5.41) is 0. The third kappa shape index (κ3) is 4.92. The first-order chi connectivity index (χ1) is 18.3. The van der Waals surface area contributed by atoms with Crippen LogP contribution in [0.4, 0.5) is 0 Å². The molecule has 3 aliphatic rings. The summed E-state index contributed by atoms with van der Waals surface area (Å²) in [5.41, 5.74) is 1.72. The van der Waals surface area contributed by atoms with Crippen LogP contribution in [0.15, 0.2) is 40.0 Å². The quantitative estimate of drug-likeness (QED) is 0.380. The molecule has 1 aromatic carbocycles. The van der Waals surface area contributed by atoms with Crippen molar-refractivity contribution in [2.24, 2.45) is 5.92 Å². The van der Waals surface area contributed by atoms with E-state index in [-0.39, 0.29) is 42.2 Å². The minimum Gasteiger partial charge on any atom is -0.493 e. The zero-order valence-electron chi connectivity index (χ0n) is 21.5. The molecular weight excluding hydrogens is 526 g/mol. The van der Waals surface area contributed by atoms with Crippen LogP contribution >= 0.6 is 24.0 Å². The number of carbonyl (C=O) groups excluding carboxylic acids is 2. The largest absolute Gasteiger partial charge is 0.493 e. The van der Waals surface area contributed by atoms with Gasteiger partial charge in [-0.15, -0.1) is 0 Å². The van der Waals surface area contributed by atoms with Gasteiger partial charge in [0.2, 0.25) is 11.7 Å². The van der Waals surface area contributed by atoms with Crippen molar-refractivity contribution in [2.45, 2.75) is 25.3 Å². The van der Waals surface area contributed by atoms with E-state index >= 15 is 0 Å². The van der Waals surface area contributed by atoms with Gasteiger partial charge < -0.3 is 23.7 Å². The van der Waals surface area contributed by atoms with E-state index in [9.17, 15) is 14.4 Å². The van der Waals surface area contributed by atoms with Crippen LogP contribution in [0.25, 0.3) is 6.08 Å². The van der Waals surface area contributed by atoms with Crippen molar-refractivity contribution in [2.75, 3.05) is 41.0 Å². The number of methoxy groups -OCH3 is 3. The molecular formula is C27H29N3O6S2. The average Bonchev–Trinajstić information content (AvgIpc) is 3.18. The number of nitrogens with zero attached hydrogens (tertiary/aromatic N) is 3. The van der Waals surface area contributed by atoms with E-state index in [1.54, 1.807) is 30.3 Å². The number of hydrogen-bond donors (Lipinski definition) is 0. The van der Waals surface area contributed by atoms with Crippen LogP contribution in [0.3, 0.4) is 0 Å². The van der Waals surface area contributed by atoms with Gasteiger partial charge in [0, 0.05) is 50.3 Å². The van der Waals surface area contributed by atoms with Crippen LogP contribution in [0.2, 0.25) is 0 Å². The lowest BCUT2D eigenvalue weighted by Crippen LogP contribution is -2.49. The topological polar surface area (TPSA) is 90.3 Å². The number of aromatic nitrogens is 1. The van der Waals surface area contributed by atoms with Crippen LogP contribution < -0.4 is 19.8 Å². The SMILES string of the molecule is COc1cc(/C=C2\SC(=S)N(CCC(=O)N3C[C@H]4C[C@H](C3)c3cccc(=O)n3C4)C2=O)cc(OC)c1OC. The molecule has 0 radical (unpaired) electrons. The number of carbonyl (C=O) groups is 2. The molecule has 38 heavy (non-hydrogen) atoms. The fourth-order valence-electron chi connectivity index (χ4n) is 5.49. The molecule has 2 fully saturated rings. The van der Waals surface area contributed by atoms with Gasteiger partial charge in [0.25, 0.3) is 11.5 Å². The molecule has 2 amide bonds. The third-order valence-electron chi connectivity index (χ3n) is 7.24. The summed E-state index contributed by atoms with van der Waals surface area (Å²) in [4.78, 5) is 42.4. The maximum absolute atomic E-state index is 13.2. The summed E-state index contributed by atoms with van der Waals surface area (Å²) in [5.74, 6) is 1.60. The molecule has 0 saturated carbocycles. The number of piperidine rings is 1. The number of benzene rings is 1. The summed E-state index contributed by atoms with van der Waals surface area (Å²) in [6, 6.07) is 8.88. The zero-order valence-corrected chi connectivity index (χ0v) is 23.1. The minimum atomic E-state index is -0.231. The molecule has 0 aliphatic carbocycles. The smallest absolute Gasteiger partial charge is 0.266 e. The third-order valence-corrected chi connectivity index (χ3v) is 8.62. The monoisotopic (exact) mass is 555 g/mol. The van der Waals surface area contributed by atoms with Crippen molar-refractivity contribution < 1.29 is 23.8 Å². The first-order valence-electron chi connectivity index (χ1n) is 12.4. The Balaban J connectivity index is 1.25. The molecule has 2 aromatic rings. The molecule has 0 N–H and O–H groups in total. The fourth-order valence-corrected chi connectivity index (χ4v) is 6.80. The predicted molar refractivity (Wildman–Crippen MR) is 149 cm³/mol. The van der Waals surface area contributed by atoms with E-state index in [2.05, 4.69) is 0 Å². The lowest BCUT2D eigenvalue weighted by Gasteiger charge is -2.42. The fraction of sp³-hybridized carbons (Fsp3) is 0.407. The van der Waals surface area contributed by atoms with Crippen LogP contribution in [0, 0.1) is 5.92 Å². The van der Waals surface area contributed by atoms with E-state index < -0.39 is 0 Å². The molecule has 3 aliphatic heterocycles. The lowest BCUT2D eigenvalue weighted by atomic mass is 9.83. The highest BCUT2D eigenvalue weighted by Crippen LogP contribution is 2.40. The van der Waals surface area contributed by atoms with Gasteiger partial charge in [-0.3, -0.25) is 19.3 Å². The molecule has 2 atom stereocenters. The maximum Gasteiger partial charge on any atom is 0.266 e. The number of hydrogen-bond acceptors (Lipinski definition) is 8. The molecule has 11 heteroatoms. The molecule has 4 heterocycles. The van der Waals surface area contributed by atoms with Crippen LogP contribution in [0.5, 0.6) is 17.2 Å². The van der Waals surface area contributed by atoms with Crippen LogP contribution in [-0.4, -0.2) is 71.5 Å². The van der Waals surface area contributed by atoms with E-state index in [0.29, 0.717) is 51.7 Å². The van der Waals surface area contributed by atoms with Crippen molar-refractivity contribution in [3.05, 3.63) is 56.8 Å². The Kier molecular flexibility index (Phi) is 7.49. The Hall–Kier alpha value is -3.31. The Labute approximate surface area is 230 Å². The predicted octanol–water partition coefficient (Wildman–Crippen LogP) is 3.11. The number of likely N-dealkylation sites (tertiary alicyclic amines) is 1. The van der Waals surface area contributed by atoms with E-state index in [0.717, 1.165) is 12.1 Å². The van der Waals surface area contributed by atoms with Crippen molar-refractivity contribution in [1.29, 1.82) is 0 Å². The van der Waals surface area contributed by atoms with Gasteiger partial charge in [-0.25, -0.2) is 0 Å². The number of pyridine rings is 1. The summed E-state index contributed by atoms with van der Waals surface area (Å²) in [6.45, 7) is 2.06. The number of ether oxygens (including phenoxy) is 3. The average molecular weight is 556 g/mol. The highest BCUT2D eigenvalue weighted by molar-refractivity contribution is 8.26. The van der Waals surface area contributed by atoms with Crippen LogP contribution in [0.1, 0.15) is 30.0 Å². The highest BCUT2D eigenvalue weighted by Gasteiger charge is 2.37. The van der Waals surface area contributed by atoms with Gasteiger partial charge in [-0.1, -0.05) is 30.0 Å². The highest BCUT2D eigenvalue weighted by atomic mass is 32.2. The molecule has 0 spiro atoms. The second-order valence-electron chi connectivity index (χ2n) is 9.54. The van der Waals surface area contributed by atoms with Crippen molar-refractivity contribution in [3.63, 3.8) is 0 Å². The Morgan fingerprint density at radius 2 is 1.82 bits per heavy atom. The van der Waals surface area contributed by atoms with E-state index in [1.807, 2.05) is 15.5 Å². The molecule has 9 nitrogen and oxygen atoms in total. The van der Waals surface area contributed by atoms with E-state index in [4.69, 9.17) is 26.4 Å². The zero-order chi connectivity index (χ0) is 27.0. The van der Waals surface area contributed by atoms with Gasteiger partial charge in [0.15, 0.2) is 11.5 Å². The van der Waals surface area contributed by atoms with Gasteiger partial charge in [0.1, 0.15) is 4.32 Å². The van der Waals surface area contributed by atoms with Gasteiger partial charge in [0.05, 0.1) is 26.2 Å². The van der Waals surface area contributed by atoms with Crippen LogP contribution in [-0.2, 0) is 16.1 Å². The second-order valence-corrected chi connectivity index (χ2v) is 11.2. The Bertz CT molecular complexity index is 1360. The van der Waals surface area contributed by atoms with Gasteiger partial charge in [-0.05, 0) is 42.2 Å².